The average Bonchev–Trinajstić information content (AvgIpc) is 2.11. The smallest absolute Gasteiger partial charge is 0.331 e. The molecule has 0 aromatic heterocycles. The molecule has 0 saturated heterocycles. The number of aliphatic carboxylic acids is 1. The van der Waals surface area contributed by atoms with E-state index in [1.54, 1.807) is 18.2 Å². The third-order valence-corrected chi connectivity index (χ3v) is 1.83. The molecule has 1 aromatic rings. The second-order valence-electron chi connectivity index (χ2n) is 3.02. The Morgan fingerprint density at radius 1 is 1.36 bits per heavy atom. The summed E-state index contributed by atoms with van der Waals surface area (Å²) in [5, 5.41) is 8.64. The number of hydrogen-bond donors (Lipinski definition) is 3. The van der Waals surface area contributed by atoms with Crippen LogP contribution in [0.3, 0.4) is 0 Å². The van der Waals surface area contributed by atoms with Gasteiger partial charge in [-0.1, -0.05) is 6.07 Å². The third kappa shape index (κ3) is 2.26. The average molecular weight is 192 g/mol. The Hall–Kier alpha value is -1.97. The number of anilines is 2. The maximum atomic E-state index is 10.5. The second-order valence-corrected chi connectivity index (χ2v) is 3.02. The molecule has 0 amide bonds. The van der Waals surface area contributed by atoms with E-state index >= 15 is 0 Å². The molecule has 0 bridgehead atoms. The molecule has 4 nitrogen and oxygen atoms in total. The molecule has 0 heterocycles. The molecule has 0 fully saturated rings. The van der Waals surface area contributed by atoms with Gasteiger partial charge in [0.2, 0.25) is 0 Å². The lowest BCUT2D eigenvalue weighted by Crippen LogP contribution is -1.97. The van der Waals surface area contributed by atoms with E-state index in [2.05, 4.69) is 0 Å². The monoisotopic (exact) mass is 192 g/mol. The van der Waals surface area contributed by atoms with Crippen LogP contribution in [0.4, 0.5) is 11.4 Å². The largest absolute Gasteiger partial charge is 0.478 e. The van der Waals surface area contributed by atoms with Crippen molar-refractivity contribution in [2.24, 2.45) is 0 Å². The van der Waals surface area contributed by atoms with Crippen LogP contribution in [0.15, 0.2) is 23.8 Å². The summed E-state index contributed by atoms with van der Waals surface area (Å²) in [6, 6.07) is 5.01. The van der Waals surface area contributed by atoms with Gasteiger partial charge in [0.25, 0.3) is 0 Å². The van der Waals surface area contributed by atoms with Crippen LogP contribution in [-0.4, -0.2) is 11.1 Å². The van der Waals surface area contributed by atoms with E-state index in [1.165, 1.54) is 13.0 Å². The van der Waals surface area contributed by atoms with Gasteiger partial charge in [-0.15, -0.1) is 0 Å². The minimum atomic E-state index is -0.944. The molecule has 0 saturated carbocycles. The van der Waals surface area contributed by atoms with Gasteiger partial charge in [-0.2, -0.15) is 0 Å². The molecular formula is C10H12N2O2. The van der Waals surface area contributed by atoms with Crippen LogP contribution < -0.4 is 11.5 Å². The first-order valence-electron chi connectivity index (χ1n) is 4.07. The van der Waals surface area contributed by atoms with Gasteiger partial charge in [-0.3, -0.25) is 0 Å². The maximum Gasteiger partial charge on any atom is 0.331 e. The van der Waals surface area contributed by atoms with E-state index in [9.17, 15) is 4.79 Å². The van der Waals surface area contributed by atoms with Crippen molar-refractivity contribution in [2.45, 2.75) is 6.92 Å². The first-order chi connectivity index (χ1) is 6.50. The van der Waals surface area contributed by atoms with Crippen molar-refractivity contribution in [3.63, 3.8) is 0 Å². The highest BCUT2D eigenvalue weighted by molar-refractivity contribution is 5.91. The maximum absolute atomic E-state index is 10.5. The lowest BCUT2D eigenvalue weighted by atomic mass is 10.1. The summed E-state index contributed by atoms with van der Waals surface area (Å²) >= 11 is 0. The lowest BCUT2D eigenvalue weighted by Gasteiger charge is -2.01. The van der Waals surface area contributed by atoms with Crippen molar-refractivity contribution < 1.29 is 9.90 Å². The zero-order valence-corrected chi connectivity index (χ0v) is 7.82. The number of benzene rings is 1. The minimum Gasteiger partial charge on any atom is -0.478 e. The molecule has 0 aliphatic carbocycles. The fraction of sp³-hybridized carbons (Fsp3) is 0.100. The van der Waals surface area contributed by atoms with Gasteiger partial charge in [0.05, 0.1) is 11.4 Å². The summed E-state index contributed by atoms with van der Waals surface area (Å²) in [5.74, 6) is -0.944. The van der Waals surface area contributed by atoms with Gasteiger partial charge in [0, 0.05) is 5.57 Å². The van der Waals surface area contributed by atoms with Crippen molar-refractivity contribution >= 4 is 23.4 Å². The standard InChI is InChI=1S/C10H12N2O2/c1-6(10(13)14)4-7-2-3-8(11)9(12)5-7/h2-5H,11-12H2,1H3,(H,13,14)/b6-4+. The van der Waals surface area contributed by atoms with E-state index in [1.807, 2.05) is 0 Å². The van der Waals surface area contributed by atoms with Gasteiger partial charge in [-0.05, 0) is 30.7 Å². The SMILES string of the molecule is C/C(=C\c1ccc(N)c(N)c1)C(=O)O. The first kappa shape index (κ1) is 10.1. The van der Waals surface area contributed by atoms with Crippen LogP contribution in [0.2, 0.25) is 0 Å². The van der Waals surface area contributed by atoms with Gasteiger partial charge in [0.1, 0.15) is 0 Å². The Kier molecular flexibility index (Phi) is 2.76. The Labute approximate surface area is 81.8 Å². The summed E-state index contributed by atoms with van der Waals surface area (Å²) in [7, 11) is 0. The Morgan fingerprint density at radius 2 is 2.00 bits per heavy atom. The third-order valence-electron chi connectivity index (χ3n) is 1.83. The quantitative estimate of drug-likeness (QED) is 0.487. The number of carbonyl (C=O) groups is 1. The van der Waals surface area contributed by atoms with E-state index in [0.717, 1.165) is 5.56 Å². The molecule has 4 heteroatoms. The minimum absolute atomic E-state index is 0.258. The number of rotatable bonds is 2. The topological polar surface area (TPSA) is 89.3 Å². The summed E-state index contributed by atoms with van der Waals surface area (Å²) in [5.41, 5.74) is 13.0. The zero-order valence-electron chi connectivity index (χ0n) is 7.82. The Bertz CT molecular complexity index is 397. The highest BCUT2D eigenvalue weighted by Crippen LogP contribution is 2.17. The molecule has 74 valence electrons. The molecule has 1 aromatic carbocycles. The van der Waals surface area contributed by atoms with Crippen molar-refractivity contribution in [2.75, 3.05) is 11.5 Å². The zero-order chi connectivity index (χ0) is 10.7. The summed E-state index contributed by atoms with van der Waals surface area (Å²) < 4.78 is 0. The van der Waals surface area contributed by atoms with Crippen molar-refractivity contribution in [1.82, 2.24) is 0 Å². The molecule has 0 radical (unpaired) electrons. The van der Waals surface area contributed by atoms with E-state index in [-0.39, 0.29) is 5.57 Å². The highest BCUT2D eigenvalue weighted by Gasteiger charge is 2.00. The summed E-state index contributed by atoms with van der Waals surface area (Å²) in [6.45, 7) is 1.52. The molecule has 5 N–H and O–H groups in total. The van der Waals surface area contributed by atoms with Crippen molar-refractivity contribution in [3.8, 4) is 0 Å². The number of hydrogen-bond acceptors (Lipinski definition) is 3. The predicted octanol–water partition coefficient (Wildman–Crippen LogP) is 1.34. The fourth-order valence-electron chi connectivity index (χ4n) is 0.995. The van der Waals surface area contributed by atoms with E-state index < -0.39 is 5.97 Å². The van der Waals surface area contributed by atoms with Gasteiger partial charge < -0.3 is 16.6 Å². The Morgan fingerprint density at radius 3 is 2.50 bits per heavy atom. The second kappa shape index (κ2) is 3.83. The van der Waals surface area contributed by atoms with E-state index in [0.29, 0.717) is 11.4 Å². The molecule has 0 spiro atoms. The van der Waals surface area contributed by atoms with Crippen molar-refractivity contribution in [3.05, 3.63) is 29.3 Å². The molecular weight excluding hydrogens is 180 g/mol. The van der Waals surface area contributed by atoms with Crippen LogP contribution in [0.5, 0.6) is 0 Å². The van der Waals surface area contributed by atoms with Crippen LogP contribution in [0.1, 0.15) is 12.5 Å². The number of nitrogen functional groups attached to an aromatic ring is 2. The molecule has 14 heavy (non-hydrogen) atoms. The number of carboxylic acid groups (broad SMARTS) is 1. The predicted molar refractivity (Wildman–Crippen MR) is 56.6 cm³/mol. The number of carboxylic acids is 1. The lowest BCUT2D eigenvalue weighted by molar-refractivity contribution is -0.132. The van der Waals surface area contributed by atoms with Gasteiger partial charge in [-0.25, -0.2) is 4.79 Å². The van der Waals surface area contributed by atoms with Crippen LogP contribution in [-0.2, 0) is 4.79 Å². The molecule has 0 unspecified atom stereocenters. The van der Waals surface area contributed by atoms with Crippen molar-refractivity contribution in [1.29, 1.82) is 0 Å². The molecule has 0 atom stereocenters. The van der Waals surface area contributed by atoms with Crippen LogP contribution >= 0.6 is 0 Å². The molecule has 0 aliphatic rings. The highest BCUT2D eigenvalue weighted by atomic mass is 16.4. The first-order valence-corrected chi connectivity index (χ1v) is 4.07. The number of nitrogens with two attached hydrogens (primary N) is 2. The molecule has 0 aliphatic heterocycles. The normalized spacial score (nSPS) is 11.4. The van der Waals surface area contributed by atoms with Crippen LogP contribution in [0.25, 0.3) is 6.08 Å². The van der Waals surface area contributed by atoms with Gasteiger partial charge in [0.15, 0.2) is 0 Å². The van der Waals surface area contributed by atoms with Crippen LogP contribution in [0, 0.1) is 0 Å². The fourth-order valence-corrected chi connectivity index (χ4v) is 0.995. The Balaban J connectivity index is 3.04. The summed E-state index contributed by atoms with van der Waals surface area (Å²) in [6.07, 6.45) is 1.54. The van der Waals surface area contributed by atoms with Gasteiger partial charge >= 0.3 is 5.97 Å². The summed E-state index contributed by atoms with van der Waals surface area (Å²) in [4.78, 5) is 10.5. The van der Waals surface area contributed by atoms with E-state index in [4.69, 9.17) is 16.6 Å². The molecule has 1 rings (SSSR count).